The predicted molar refractivity (Wildman–Crippen MR) is 275 cm³/mol. The summed E-state index contributed by atoms with van der Waals surface area (Å²) in [6.07, 6.45) is 6.98. The van der Waals surface area contributed by atoms with Gasteiger partial charge in [-0.05, 0) is 106 Å². The molecular formula is C56H61ClF4N8O7. The summed E-state index contributed by atoms with van der Waals surface area (Å²) >= 11 is 6.73. The van der Waals surface area contributed by atoms with Crippen LogP contribution in [0.5, 0.6) is 11.5 Å². The monoisotopic (exact) mass is 1070 g/mol. The number of piperidine rings is 2. The molecular weight excluding hydrogens is 1010 g/mol. The lowest BCUT2D eigenvalue weighted by Crippen LogP contribution is -2.65. The highest BCUT2D eigenvalue weighted by atomic mass is 35.5. The van der Waals surface area contributed by atoms with Crippen LogP contribution in [0.4, 0.5) is 28.2 Å². The summed E-state index contributed by atoms with van der Waals surface area (Å²) < 4.78 is 78.2. The highest BCUT2D eigenvalue weighted by molar-refractivity contribution is 6.34. The number of nitrogens with two attached hydrogens (primary N) is 1. The summed E-state index contributed by atoms with van der Waals surface area (Å²) in [4.78, 5) is 57.1. The summed E-state index contributed by atoms with van der Waals surface area (Å²) in [5.41, 5.74) is 5.36. The van der Waals surface area contributed by atoms with Gasteiger partial charge < -0.3 is 35.4 Å². The van der Waals surface area contributed by atoms with Gasteiger partial charge in [-0.25, -0.2) is 22.4 Å². The van der Waals surface area contributed by atoms with E-state index in [1.807, 2.05) is 37.3 Å². The number of benzene rings is 4. The van der Waals surface area contributed by atoms with Crippen molar-refractivity contribution in [3.63, 3.8) is 0 Å². The number of ether oxygens (including phenoxy) is 2. The molecule has 0 radical (unpaired) electrons. The summed E-state index contributed by atoms with van der Waals surface area (Å²) in [5.74, 6) is -4.95. The molecule has 4 atom stereocenters. The third-order valence-corrected chi connectivity index (χ3v) is 17.6. The van der Waals surface area contributed by atoms with Crippen molar-refractivity contribution in [2.24, 2.45) is 24.6 Å². The van der Waals surface area contributed by atoms with E-state index in [0.717, 1.165) is 44.2 Å². The van der Waals surface area contributed by atoms with Gasteiger partial charge in [0.05, 0.1) is 22.6 Å². The lowest BCUT2D eigenvalue weighted by Gasteiger charge is -2.57. The molecule has 5 amide bonds. The molecule has 5 aromatic rings. The van der Waals surface area contributed by atoms with Crippen LogP contribution in [0.25, 0.3) is 22.0 Å². The van der Waals surface area contributed by atoms with Gasteiger partial charge in [-0.15, -0.1) is 0 Å². The van der Waals surface area contributed by atoms with Crippen molar-refractivity contribution >= 4 is 52.1 Å². The Hall–Kier alpha value is -6.28. The van der Waals surface area contributed by atoms with Gasteiger partial charge in [-0.3, -0.25) is 29.3 Å². The van der Waals surface area contributed by atoms with Crippen LogP contribution in [-0.4, -0.2) is 113 Å². The van der Waals surface area contributed by atoms with Gasteiger partial charge >= 0.3 is 6.03 Å². The summed E-state index contributed by atoms with van der Waals surface area (Å²) in [6, 6.07) is 14.2. The third kappa shape index (κ3) is 9.03. The maximum absolute atomic E-state index is 16.5. The van der Waals surface area contributed by atoms with Crippen LogP contribution in [0.15, 0.2) is 54.6 Å². The Bertz CT molecular complexity index is 3120. The largest absolute Gasteiger partial charge is 0.488 e. The number of primary amides is 1. The molecule has 2 bridgehead atoms. The van der Waals surface area contributed by atoms with Gasteiger partial charge in [0.2, 0.25) is 17.7 Å². The number of hydrogen-bond acceptors (Lipinski definition) is 10. The number of anilines is 1. The number of fused-ring (bicyclic) bond motifs is 4. The number of carbonyl (C=O) groups excluding carboxylic acids is 4. The van der Waals surface area contributed by atoms with Crippen molar-refractivity contribution in [1.82, 2.24) is 30.2 Å². The second kappa shape index (κ2) is 20.6. The fourth-order valence-electron chi connectivity index (χ4n) is 13.5. The van der Waals surface area contributed by atoms with Crippen LogP contribution in [-0.2, 0) is 22.2 Å². The van der Waals surface area contributed by atoms with E-state index in [4.69, 9.17) is 26.8 Å². The average Bonchev–Trinajstić information content (AvgIpc) is 3.95. The number of halogens is 5. The Labute approximate surface area is 442 Å². The molecule has 2 aliphatic carbocycles. The van der Waals surface area contributed by atoms with E-state index in [9.17, 15) is 24.3 Å². The molecule has 1 aromatic heterocycles. The van der Waals surface area contributed by atoms with Crippen LogP contribution in [0, 0.1) is 35.1 Å². The Morgan fingerprint density at radius 3 is 2.33 bits per heavy atom. The van der Waals surface area contributed by atoms with E-state index in [2.05, 4.69) is 25.5 Å². The molecule has 12 rings (SSSR count). The maximum Gasteiger partial charge on any atom is 0.329 e. The number of nitrogens with zero attached hydrogens (tertiary/aromatic N) is 5. The highest BCUT2D eigenvalue weighted by Gasteiger charge is 2.52. The molecule has 4 saturated heterocycles. The number of nitrogens with one attached hydrogen (secondary N) is 2. The molecule has 4 aromatic carbocycles. The topological polar surface area (TPSA) is 185 Å². The predicted octanol–water partition coefficient (Wildman–Crippen LogP) is 8.17. The number of urea groups is 1. The number of hydrogen-bond donors (Lipinski definition) is 4. The van der Waals surface area contributed by atoms with Crippen molar-refractivity contribution in [3.05, 3.63) is 105 Å². The van der Waals surface area contributed by atoms with Crippen LogP contribution in [0.2, 0.25) is 5.02 Å². The van der Waals surface area contributed by atoms with Gasteiger partial charge in [-0.1, -0.05) is 48.9 Å². The van der Waals surface area contributed by atoms with Crippen molar-refractivity contribution in [1.29, 1.82) is 0 Å². The quantitative estimate of drug-likeness (QED) is 0.0792. The zero-order chi connectivity index (χ0) is 53.3. The molecule has 2 saturated carbocycles. The Morgan fingerprint density at radius 1 is 0.921 bits per heavy atom. The van der Waals surface area contributed by atoms with Crippen molar-refractivity contribution in [2.45, 2.75) is 107 Å². The maximum atomic E-state index is 16.5. The molecule has 6 fully saturated rings. The fraction of sp³-hybridized carbons (Fsp3) is 0.482. The average molecular weight is 1070 g/mol. The van der Waals surface area contributed by atoms with Gasteiger partial charge in [0, 0.05) is 91.4 Å². The SMILES string of the molecule is CC1c2c(cc(F)c(Cl)c2-c2c(C(N)=O)ccc(OCCO)c2F)OC1(CNC1CCC(C(=O)N2C3CC(CN4CCC(c5c(F)cc6c(N7CCC(=O)NC7=O)nn(C)c6c5F)CC4)CC2C3)CC1)c1ccccc1. The van der Waals surface area contributed by atoms with Crippen molar-refractivity contribution < 1.29 is 51.3 Å². The number of amides is 5. The molecule has 5 aliphatic heterocycles. The van der Waals surface area contributed by atoms with E-state index < -0.39 is 64.3 Å². The fourth-order valence-corrected chi connectivity index (χ4v) is 13.8. The first-order valence-electron chi connectivity index (χ1n) is 26.4. The number of aryl methyl sites for hydroxylation is 1. The number of carbonyl (C=O) groups is 4. The van der Waals surface area contributed by atoms with Gasteiger partial charge in [0.25, 0.3) is 0 Å². The first-order chi connectivity index (χ1) is 36.6. The summed E-state index contributed by atoms with van der Waals surface area (Å²) in [7, 11) is 1.56. The summed E-state index contributed by atoms with van der Waals surface area (Å²) in [6.45, 7) is 3.87. The van der Waals surface area contributed by atoms with E-state index >= 15 is 17.6 Å². The number of aromatic nitrogens is 2. The minimum atomic E-state index is -1.13. The first-order valence-corrected chi connectivity index (χ1v) is 26.8. The van der Waals surface area contributed by atoms with Gasteiger partial charge in [-0.2, -0.15) is 5.10 Å². The van der Waals surface area contributed by atoms with Crippen molar-refractivity contribution in [3.8, 4) is 22.6 Å². The van der Waals surface area contributed by atoms with Crippen molar-refractivity contribution in [2.75, 3.05) is 50.8 Å². The van der Waals surface area contributed by atoms with E-state index in [1.165, 1.54) is 33.8 Å². The van der Waals surface area contributed by atoms with Crippen LogP contribution >= 0.6 is 11.6 Å². The smallest absolute Gasteiger partial charge is 0.329 e. The zero-order valence-corrected chi connectivity index (χ0v) is 43.1. The van der Waals surface area contributed by atoms with Gasteiger partial charge in [0.15, 0.2) is 28.8 Å². The Kier molecular flexibility index (Phi) is 14.0. The normalized spacial score (nSPS) is 25.8. The minimum Gasteiger partial charge on any atom is -0.488 e. The molecule has 6 heterocycles. The Morgan fingerprint density at radius 2 is 1.64 bits per heavy atom. The third-order valence-electron chi connectivity index (χ3n) is 17.3. The molecule has 402 valence electrons. The van der Waals surface area contributed by atoms with Crippen LogP contribution in [0.1, 0.15) is 110 Å². The lowest BCUT2D eigenvalue weighted by atomic mass is 9.71. The second-order valence-electron chi connectivity index (χ2n) is 21.6. The number of likely N-dealkylation sites (tertiary alicyclic amines) is 1. The number of aliphatic hydroxyl groups excluding tert-OH is 1. The summed E-state index contributed by atoms with van der Waals surface area (Å²) in [5, 5.41) is 19.5. The minimum absolute atomic E-state index is 0.0368. The highest BCUT2D eigenvalue weighted by Crippen LogP contribution is 2.57. The number of imide groups is 1. The molecule has 5 N–H and O–H groups in total. The zero-order valence-electron chi connectivity index (χ0n) is 42.4. The molecule has 20 heteroatoms. The van der Waals surface area contributed by atoms with Crippen LogP contribution < -0.4 is 30.7 Å². The standard InChI is InChI=1S/C56H61ClF4N8O7/c1-29-44-42(26-40(59)48(57)47(44)46-37(52(62)72)12-13-41(49(46)60)75-21-20-70)76-56(29,33-6-4-3-5-7-33)28-63-34-10-8-32(9-11-34)54(73)69-35-22-30(23-36(69)24-35)27-67-17-14-31(15-18-67)45-39(58)25-38-51(50(45)61)66(2)65-53(38)68-19-16-43(71)64-55(68)74/h3-7,12-13,25-26,29-32,34-36,63,70H,8-11,14-24,27-28H2,1-2H3,(H2,62,72)(H,64,71,74). The first kappa shape index (κ1) is 51.8. The lowest BCUT2D eigenvalue weighted by molar-refractivity contribution is -0.158. The molecule has 4 unspecified atom stereocenters. The molecule has 15 nitrogen and oxygen atoms in total. The van der Waals surface area contributed by atoms with E-state index in [-0.39, 0.29) is 112 Å². The molecule has 0 spiro atoms. The van der Waals surface area contributed by atoms with Gasteiger partial charge in [0.1, 0.15) is 29.5 Å². The van der Waals surface area contributed by atoms with E-state index in [1.54, 1.807) is 7.05 Å². The number of aliphatic hydroxyl groups is 1. The number of rotatable bonds is 14. The Balaban J connectivity index is 0.705. The second-order valence-corrected chi connectivity index (χ2v) is 22.0. The van der Waals surface area contributed by atoms with E-state index in [0.29, 0.717) is 50.3 Å². The molecule has 76 heavy (non-hydrogen) atoms. The van der Waals surface area contributed by atoms with Crippen LogP contribution in [0.3, 0.4) is 0 Å². The molecule has 7 aliphatic rings.